The molecule has 0 radical (unpaired) electrons. The number of rotatable bonds is 2. The van der Waals surface area contributed by atoms with Crippen molar-refractivity contribution in [2.24, 2.45) is 0 Å². The molecular formula is C18H22I-. The standard InChI is InChI=1S/C18H22I/c1-11-7-17(8-12(2)15(11)5)19-18-9-13(3)16(6)14(4)10-18/h7-10H,1-6H3/q-1. The van der Waals surface area contributed by atoms with Crippen molar-refractivity contribution in [3.8, 4) is 0 Å². The fourth-order valence-corrected chi connectivity index (χ4v) is 5.41. The second kappa shape index (κ2) is 5.66. The number of aryl methyl sites for hydroxylation is 4. The third-order valence-corrected chi connectivity index (χ3v) is 6.49. The molecule has 102 valence electrons. The minimum absolute atomic E-state index is 0.0639. The molecule has 19 heavy (non-hydrogen) atoms. The Bertz CT molecular complexity index is 522. The SMILES string of the molecule is Cc1cc([I-]c2cc(C)c(C)c(C)c2)cc(C)c1C. The summed E-state index contributed by atoms with van der Waals surface area (Å²) in [5.74, 6) is 0. The molecule has 0 aliphatic rings. The van der Waals surface area contributed by atoms with E-state index in [1.165, 1.54) is 40.5 Å². The van der Waals surface area contributed by atoms with Crippen LogP contribution < -0.4 is 21.2 Å². The van der Waals surface area contributed by atoms with Crippen molar-refractivity contribution < 1.29 is 21.2 Å². The second-order valence-electron chi connectivity index (χ2n) is 5.42. The van der Waals surface area contributed by atoms with Crippen LogP contribution in [0.5, 0.6) is 0 Å². The van der Waals surface area contributed by atoms with Crippen molar-refractivity contribution in [3.05, 3.63) is 64.8 Å². The summed E-state index contributed by atoms with van der Waals surface area (Å²) in [5, 5.41) is 0. The van der Waals surface area contributed by atoms with E-state index in [-0.39, 0.29) is 21.2 Å². The Labute approximate surface area is 127 Å². The fraction of sp³-hybridized carbons (Fsp3) is 0.333. The Morgan fingerprint density at radius 3 is 1.05 bits per heavy atom. The normalized spacial score (nSPS) is 11.1. The van der Waals surface area contributed by atoms with Crippen LogP contribution in [0.2, 0.25) is 0 Å². The van der Waals surface area contributed by atoms with Gasteiger partial charge < -0.3 is 0 Å². The predicted octanol–water partition coefficient (Wildman–Crippen LogP) is 1.67. The van der Waals surface area contributed by atoms with E-state index in [0.717, 1.165) is 0 Å². The van der Waals surface area contributed by atoms with Crippen molar-refractivity contribution >= 4 is 0 Å². The molecule has 0 aromatic heterocycles. The van der Waals surface area contributed by atoms with E-state index in [9.17, 15) is 0 Å². The summed E-state index contributed by atoms with van der Waals surface area (Å²) in [6.45, 7) is 13.3. The maximum atomic E-state index is 2.38. The van der Waals surface area contributed by atoms with Crippen LogP contribution >= 0.6 is 0 Å². The molecule has 2 aromatic carbocycles. The van der Waals surface area contributed by atoms with Crippen LogP contribution in [0.3, 0.4) is 0 Å². The first-order chi connectivity index (χ1) is 8.88. The zero-order valence-electron chi connectivity index (χ0n) is 12.7. The summed E-state index contributed by atoms with van der Waals surface area (Å²) < 4.78 is 3.06. The van der Waals surface area contributed by atoms with Gasteiger partial charge in [0.05, 0.1) is 0 Å². The van der Waals surface area contributed by atoms with E-state index in [4.69, 9.17) is 0 Å². The first-order valence-electron chi connectivity index (χ1n) is 6.69. The van der Waals surface area contributed by atoms with Crippen molar-refractivity contribution in [2.75, 3.05) is 0 Å². The first-order valence-corrected chi connectivity index (χ1v) is 8.84. The quantitative estimate of drug-likeness (QED) is 0.711. The summed E-state index contributed by atoms with van der Waals surface area (Å²) in [7, 11) is 0. The molecule has 1 heteroatoms. The molecule has 0 unspecified atom stereocenters. The average Bonchev–Trinajstić information content (AvgIpc) is 2.33. The molecule has 0 amide bonds. The average molecular weight is 365 g/mol. The van der Waals surface area contributed by atoms with Crippen LogP contribution in [-0.4, -0.2) is 0 Å². The first kappa shape index (κ1) is 14.6. The van der Waals surface area contributed by atoms with Crippen molar-refractivity contribution in [2.45, 2.75) is 41.5 Å². The Hall–Kier alpha value is -0.830. The van der Waals surface area contributed by atoms with E-state index in [2.05, 4.69) is 65.8 Å². The second-order valence-corrected chi connectivity index (χ2v) is 8.45. The molecule has 0 aliphatic carbocycles. The van der Waals surface area contributed by atoms with Gasteiger partial charge >= 0.3 is 128 Å². The molecule has 0 N–H and O–H groups in total. The third-order valence-electron chi connectivity index (χ3n) is 4.00. The van der Waals surface area contributed by atoms with E-state index < -0.39 is 0 Å². The molecule has 0 spiro atoms. The zero-order valence-corrected chi connectivity index (χ0v) is 14.8. The molecule has 0 nitrogen and oxygen atoms in total. The van der Waals surface area contributed by atoms with Gasteiger partial charge in [-0.1, -0.05) is 0 Å². The molecule has 0 aliphatic heterocycles. The van der Waals surface area contributed by atoms with Crippen LogP contribution in [0.15, 0.2) is 24.3 Å². The molecular weight excluding hydrogens is 343 g/mol. The van der Waals surface area contributed by atoms with Crippen molar-refractivity contribution in [1.82, 2.24) is 0 Å². The van der Waals surface area contributed by atoms with Gasteiger partial charge in [0.1, 0.15) is 0 Å². The van der Waals surface area contributed by atoms with E-state index in [1.807, 2.05) is 0 Å². The topological polar surface area (TPSA) is 0 Å². The predicted molar refractivity (Wildman–Crippen MR) is 78.7 cm³/mol. The van der Waals surface area contributed by atoms with Gasteiger partial charge in [-0.15, -0.1) is 0 Å². The van der Waals surface area contributed by atoms with Crippen LogP contribution in [0, 0.1) is 48.7 Å². The van der Waals surface area contributed by atoms with Gasteiger partial charge in [-0.25, -0.2) is 0 Å². The number of hydrogen-bond donors (Lipinski definition) is 0. The number of halogens is 1. The summed E-state index contributed by atoms with van der Waals surface area (Å²) in [6.07, 6.45) is 0. The third kappa shape index (κ3) is 3.19. The zero-order chi connectivity index (χ0) is 14.2. The van der Waals surface area contributed by atoms with Crippen LogP contribution in [0.25, 0.3) is 0 Å². The maximum absolute atomic E-state index is 2.38. The molecule has 0 saturated heterocycles. The minimum atomic E-state index is -0.0639. The van der Waals surface area contributed by atoms with Crippen LogP contribution in [-0.2, 0) is 0 Å². The summed E-state index contributed by atoms with van der Waals surface area (Å²) in [4.78, 5) is 0. The fourth-order valence-electron chi connectivity index (χ4n) is 2.20. The molecule has 0 atom stereocenters. The molecule has 2 rings (SSSR count). The molecule has 0 bridgehead atoms. The van der Waals surface area contributed by atoms with Gasteiger partial charge in [0, 0.05) is 0 Å². The number of hydrogen-bond acceptors (Lipinski definition) is 0. The van der Waals surface area contributed by atoms with Gasteiger partial charge in [0.15, 0.2) is 0 Å². The van der Waals surface area contributed by atoms with Gasteiger partial charge in [0.25, 0.3) is 0 Å². The molecule has 0 heterocycles. The van der Waals surface area contributed by atoms with Gasteiger partial charge in [-0.05, 0) is 0 Å². The Morgan fingerprint density at radius 2 is 0.789 bits per heavy atom. The summed E-state index contributed by atoms with van der Waals surface area (Å²) in [5.41, 5.74) is 8.57. The van der Waals surface area contributed by atoms with Crippen molar-refractivity contribution in [1.29, 1.82) is 0 Å². The van der Waals surface area contributed by atoms with Gasteiger partial charge in [-0.2, -0.15) is 0 Å². The van der Waals surface area contributed by atoms with E-state index >= 15 is 0 Å². The number of benzene rings is 2. The molecule has 2 aromatic rings. The van der Waals surface area contributed by atoms with E-state index in [1.54, 1.807) is 0 Å². The van der Waals surface area contributed by atoms with E-state index in [0.29, 0.717) is 0 Å². The summed E-state index contributed by atoms with van der Waals surface area (Å²) >= 11 is -0.0639. The van der Waals surface area contributed by atoms with Crippen LogP contribution in [0.4, 0.5) is 0 Å². The Morgan fingerprint density at radius 1 is 0.526 bits per heavy atom. The summed E-state index contributed by atoms with van der Waals surface area (Å²) in [6, 6.07) is 9.50. The van der Waals surface area contributed by atoms with Crippen molar-refractivity contribution in [3.63, 3.8) is 0 Å². The van der Waals surface area contributed by atoms with Gasteiger partial charge in [-0.3, -0.25) is 0 Å². The molecule has 0 saturated carbocycles. The monoisotopic (exact) mass is 365 g/mol. The van der Waals surface area contributed by atoms with Crippen LogP contribution in [0.1, 0.15) is 33.4 Å². The Kier molecular flexibility index (Phi) is 4.34. The molecule has 0 fully saturated rings. The Balaban J connectivity index is 2.36. The van der Waals surface area contributed by atoms with Gasteiger partial charge in [0.2, 0.25) is 0 Å².